The van der Waals surface area contributed by atoms with E-state index in [0.29, 0.717) is 16.7 Å². The molecule has 3 rings (SSSR count). The smallest absolute Gasteiger partial charge is 0.408 e. The van der Waals surface area contributed by atoms with E-state index in [9.17, 15) is 14.3 Å². The Morgan fingerprint density at radius 1 is 1.30 bits per heavy atom. The fourth-order valence-corrected chi connectivity index (χ4v) is 2.34. The molecule has 0 bridgehead atoms. The van der Waals surface area contributed by atoms with E-state index in [1.807, 2.05) is 0 Å². The SMILES string of the molecule is O=c1[nH]c2ccc(C(O)c3c(F)cccc3Cl)cc2o1. The van der Waals surface area contributed by atoms with Crippen molar-refractivity contribution in [3.63, 3.8) is 0 Å². The standard InChI is InChI=1S/C14H9ClFNO3/c15-8-2-1-3-9(16)12(8)13(18)7-4-5-10-11(6-7)20-14(19)17-10/h1-6,13,18H,(H,17,19). The minimum atomic E-state index is -1.24. The van der Waals surface area contributed by atoms with E-state index in [0.717, 1.165) is 0 Å². The number of benzene rings is 2. The molecule has 0 spiro atoms. The van der Waals surface area contributed by atoms with Gasteiger partial charge in [0.2, 0.25) is 0 Å². The Morgan fingerprint density at radius 3 is 2.85 bits per heavy atom. The Hall–Kier alpha value is -2.11. The van der Waals surface area contributed by atoms with E-state index in [-0.39, 0.29) is 10.6 Å². The Kier molecular flexibility index (Phi) is 3.08. The number of oxazole rings is 1. The van der Waals surface area contributed by atoms with Gasteiger partial charge in [0, 0.05) is 10.6 Å². The Morgan fingerprint density at radius 2 is 2.10 bits per heavy atom. The molecule has 1 heterocycles. The molecular weight excluding hydrogens is 285 g/mol. The first-order chi connectivity index (χ1) is 9.56. The monoisotopic (exact) mass is 293 g/mol. The number of H-pyrrole nitrogens is 1. The molecule has 102 valence electrons. The zero-order chi connectivity index (χ0) is 14.3. The van der Waals surface area contributed by atoms with E-state index >= 15 is 0 Å². The summed E-state index contributed by atoms with van der Waals surface area (Å²) in [6, 6.07) is 8.80. The van der Waals surface area contributed by atoms with Crippen molar-refractivity contribution in [2.75, 3.05) is 0 Å². The predicted molar refractivity (Wildman–Crippen MR) is 72.3 cm³/mol. The number of halogens is 2. The fourth-order valence-electron chi connectivity index (χ4n) is 2.07. The van der Waals surface area contributed by atoms with Gasteiger partial charge in [-0.15, -0.1) is 0 Å². The molecule has 0 fully saturated rings. The average Bonchev–Trinajstić information content (AvgIpc) is 2.77. The van der Waals surface area contributed by atoms with Crippen LogP contribution in [0.15, 0.2) is 45.6 Å². The van der Waals surface area contributed by atoms with E-state index in [1.54, 1.807) is 12.1 Å². The highest BCUT2D eigenvalue weighted by Crippen LogP contribution is 2.31. The molecule has 0 saturated heterocycles. The summed E-state index contributed by atoms with van der Waals surface area (Å²) in [5.74, 6) is -1.18. The van der Waals surface area contributed by atoms with Crippen molar-refractivity contribution in [2.24, 2.45) is 0 Å². The lowest BCUT2D eigenvalue weighted by molar-refractivity contribution is 0.215. The number of nitrogens with one attached hydrogen (secondary N) is 1. The topological polar surface area (TPSA) is 66.2 Å². The molecule has 20 heavy (non-hydrogen) atoms. The molecule has 2 aromatic carbocycles. The lowest BCUT2D eigenvalue weighted by atomic mass is 10.0. The second kappa shape index (κ2) is 4.77. The highest BCUT2D eigenvalue weighted by atomic mass is 35.5. The average molecular weight is 294 g/mol. The van der Waals surface area contributed by atoms with Crippen molar-refractivity contribution in [1.82, 2.24) is 4.98 Å². The number of aromatic amines is 1. The summed E-state index contributed by atoms with van der Waals surface area (Å²) in [6.45, 7) is 0. The lowest BCUT2D eigenvalue weighted by Crippen LogP contribution is -2.03. The quantitative estimate of drug-likeness (QED) is 0.763. The van der Waals surface area contributed by atoms with E-state index < -0.39 is 17.7 Å². The van der Waals surface area contributed by atoms with Crippen molar-refractivity contribution in [1.29, 1.82) is 0 Å². The zero-order valence-electron chi connectivity index (χ0n) is 10.1. The second-order valence-electron chi connectivity index (χ2n) is 4.31. The Balaban J connectivity index is 2.12. The normalized spacial score (nSPS) is 12.8. The van der Waals surface area contributed by atoms with E-state index in [2.05, 4.69) is 4.98 Å². The Bertz CT molecular complexity index is 820. The maximum absolute atomic E-state index is 13.8. The number of fused-ring (bicyclic) bond motifs is 1. The van der Waals surface area contributed by atoms with Gasteiger partial charge in [0.1, 0.15) is 11.9 Å². The second-order valence-corrected chi connectivity index (χ2v) is 4.72. The van der Waals surface area contributed by atoms with Gasteiger partial charge in [0.05, 0.1) is 5.52 Å². The third kappa shape index (κ3) is 2.11. The third-order valence-corrected chi connectivity index (χ3v) is 3.36. The van der Waals surface area contributed by atoms with Crippen LogP contribution in [-0.4, -0.2) is 10.1 Å². The molecule has 2 N–H and O–H groups in total. The molecule has 0 saturated carbocycles. The van der Waals surface area contributed by atoms with Crippen LogP contribution in [0.3, 0.4) is 0 Å². The maximum Gasteiger partial charge on any atom is 0.417 e. The van der Waals surface area contributed by atoms with Crippen LogP contribution in [0.4, 0.5) is 4.39 Å². The molecule has 6 heteroatoms. The number of hydrogen-bond acceptors (Lipinski definition) is 3. The summed E-state index contributed by atoms with van der Waals surface area (Å²) < 4.78 is 18.7. The first kappa shape index (κ1) is 12.9. The van der Waals surface area contributed by atoms with Gasteiger partial charge in [-0.3, -0.25) is 4.98 Å². The molecule has 1 unspecified atom stereocenters. The van der Waals surface area contributed by atoms with Gasteiger partial charge in [0.15, 0.2) is 5.58 Å². The van der Waals surface area contributed by atoms with Gasteiger partial charge >= 0.3 is 5.76 Å². The summed E-state index contributed by atoms with van der Waals surface area (Å²) >= 11 is 5.92. The van der Waals surface area contributed by atoms with Crippen LogP contribution in [0, 0.1) is 5.82 Å². The Labute approximate surface area is 117 Å². The fraction of sp³-hybridized carbons (Fsp3) is 0.0714. The van der Waals surface area contributed by atoms with Gasteiger partial charge in [0.25, 0.3) is 0 Å². The van der Waals surface area contributed by atoms with Crippen LogP contribution in [-0.2, 0) is 0 Å². The molecule has 3 aromatic rings. The highest BCUT2D eigenvalue weighted by molar-refractivity contribution is 6.31. The molecule has 0 amide bonds. The molecule has 0 aliphatic rings. The first-order valence-electron chi connectivity index (χ1n) is 5.81. The molecular formula is C14H9ClFNO3. The summed E-state index contributed by atoms with van der Waals surface area (Å²) in [4.78, 5) is 13.6. The minimum absolute atomic E-state index is 0.00796. The zero-order valence-corrected chi connectivity index (χ0v) is 10.8. The van der Waals surface area contributed by atoms with E-state index in [1.165, 1.54) is 24.3 Å². The van der Waals surface area contributed by atoms with Crippen molar-refractivity contribution >= 4 is 22.7 Å². The molecule has 0 aliphatic heterocycles. The van der Waals surface area contributed by atoms with Crippen LogP contribution in [0.5, 0.6) is 0 Å². The molecule has 0 radical (unpaired) electrons. The number of aliphatic hydroxyl groups is 1. The van der Waals surface area contributed by atoms with Crippen LogP contribution in [0.1, 0.15) is 17.2 Å². The van der Waals surface area contributed by atoms with Gasteiger partial charge in [-0.2, -0.15) is 0 Å². The van der Waals surface area contributed by atoms with Crippen molar-refractivity contribution < 1.29 is 13.9 Å². The number of aliphatic hydroxyl groups excluding tert-OH is 1. The molecule has 1 aromatic heterocycles. The highest BCUT2D eigenvalue weighted by Gasteiger charge is 2.19. The third-order valence-electron chi connectivity index (χ3n) is 3.03. The van der Waals surface area contributed by atoms with E-state index in [4.69, 9.17) is 16.0 Å². The van der Waals surface area contributed by atoms with Gasteiger partial charge in [-0.1, -0.05) is 23.7 Å². The van der Waals surface area contributed by atoms with Crippen LogP contribution in [0.25, 0.3) is 11.1 Å². The largest absolute Gasteiger partial charge is 0.417 e. The number of rotatable bonds is 2. The van der Waals surface area contributed by atoms with Crippen LogP contribution >= 0.6 is 11.6 Å². The van der Waals surface area contributed by atoms with Gasteiger partial charge < -0.3 is 9.52 Å². The maximum atomic E-state index is 13.8. The summed E-state index contributed by atoms with van der Waals surface area (Å²) in [5, 5.41) is 10.4. The number of aromatic nitrogens is 1. The molecule has 1 atom stereocenters. The molecule has 0 aliphatic carbocycles. The lowest BCUT2D eigenvalue weighted by Gasteiger charge is -2.13. The van der Waals surface area contributed by atoms with Crippen molar-refractivity contribution in [3.8, 4) is 0 Å². The van der Waals surface area contributed by atoms with Crippen LogP contribution < -0.4 is 5.76 Å². The summed E-state index contributed by atoms with van der Waals surface area (Å²) in [7, 11) is 0. The molecule has 4 nitrogen and oxygen atoms in total. The van der Waals surface area contributed by atoms with Crippen LogP contribution in [0.2, 0.25) is 5.02 Å². The van der Waals surface area contributed by atoms with Crippen molar-refractivity contribution in [3.05, 3.63) is 68.9 Å². The predicted octanol–water partition coefficient (Wildman–Crippen LogP) is 3.00. The minimum Gasteiger partial charge on any atom is -0.408 e. The summed E-state index contributed by atoms with van der Waals surface area (Å²) in [6.07, 6.45) is -1.24. The van der Waals surface area contributed by atoms with Gasteiger partial charge in [-0.05, 0) is 29.8 Å². The van der Waals surface area contributed by atoms with Gasteiger partial charge in [-0.25, -0.2) is 9.18 Å². The number of hydrogen-bond donors (Lipinski definition) is 2. The van der Waals surface area contributed by atoms with Crippen molar-refractivity contribution in [2.45, 2.75) is 6.10 Å². The summed E-state index contributed by atoms with van der Waals surface area (Å²) in [5.41, 5.74) is 1.17. The first-order valence-corrected chi connectivity index (χ1v) is 6.19.